The third-order valence-electron chi connectivity index (χ3n) is 4.43. The van der Waals surface area contributed by atoms with Gasteiger partial charge in [0.15, 0.2) is 5.16 Å². The summed E-state index contributed by atoms with van der Waals surface area (Å²) >= 11 is 2.89. The Hall–Kier alpha value is -1.73. The SMILES string of the molecule is CC[C@H](Sc1nc2c(c(=O)n1-c1cc(C)cc(C)c1)S[C@H](C)C2)C(=O)OC. The van der Waals surface area contributed by atoms with Crippen LogP contribution in [0, 0.1) is 13.8 Å². The van der Waals surface area contributed by atoms with Crippen LogP contribution in [0.2, 0.25) is 0 Å². The molecule has 2 heterocycles. The van der Waals surface area contributed by atoms with E-state index in [-0.39, 0.29) is 11.5 Å². The number of aryl methyl sites for hydroxylation is 2. The summed E-state index contributed by atoms with van der Waals surface area (Å²) in [4.78, 5) is 31.0. The van der Waals surface area contributed by atoms with Gasteiger partial charge in [0.2, 0.25) is 0 Å². The molecule has 0 bridgehead atoms. The number of nitrogens with zero attached hydrogens (tertiary/aromatic N) is 2. The molecule has 27 heavy (non-hydrogen) atoms. The second-order valence-electron chi connectivity index (χ2n) is 6.83. The summed E-state index contributed by atoms with van der Waals surface area (Å²) in [5, 5.41) is 0.481. The first-order valence-corrected chi connectivity index (χ1v) is 10.8. The monoisotopic (exact) mass is 404 g/mol. The van der Waals surface area contributed by atoms with Crippen LogP contribution in [-0.4, -0.2) is 33.1 Å². The highest BCUT2D eigenvalue weighted by molar-refractivity contribution is 8.00. The van der Waals surface area contributed by atoms with Gasteiger partial charge >= 0.3 is 5.97 Å². The van der Waals surface area contributed by atoms with Crippen LogP contribution < -0.4 is 5.56 Å². The zero-order valence-corrected chi connectivity index (χ0v) is 17.9. The Balaban J connectivity index is 2.19. The van der Waals surface area contributed by atoms with Gasteiger partial charge in [0.1, 0.15) is 5.25 Å². The minimum atomic E-state index is -0.399. The number of carbonyl (C=O) groups is 1. The maximum atomic E-state index is 13.3. The Kier molecular flexibility index (Phi) is 6.01. The molecule has 2 aromatic rings. The number of hydrogen-bond acceptors (Lipinski definition) is 6. The molecular formula is C20H24N2O3S2. The van der Waals surface area contributed by atoms with Gasteiger partial charge in [-0.05, 0) is 43.5 Å². The molecule has 0 N–H and O–H groups in total. The lowest BCUT2D eigenvalue weighted by Crippen LogP contribution is -2.26. The van der Waals surface area contributed by atoms with E-state index in [1.165, 1.54) is 18.9 Å². The van der Waals surface area contributed by atoms with Crippen molar-refractivity contribution in [3.8, 4) is 5.69 Å². The van der Waals surface area contributed by atoms with Crippen molar-refractivity contribution in [2.24, 2.45) is 0 Å². The molecule has 144 valence electrons. The number of aromatic nitrogens is 2. The molecule has 0 radical (unpaired) electrons. The van der Waals surface area contributed by atoms with E-state index in [2.05, 4.69) is 13.0 Å². The molecule has 7 heteroatoms. The number of esters is 1. The van der Waals surface area contributed by atoms with Crippen LogP contribution in [-0.2, 0) is 16.0 Å². The first-order valence-electron chi connectivity index (χ1n) is 8.99. The maximum Gasteiger partial charge on any atom is 0.319 e. The quantitative estimate of drug-likeness (QED) is 0.427. The van der Waals surface area contributed by atoms with Gasteiger partial charge in [-0.3, -0.25) is 14.2 Å². The van der Waals surface area contributed by atoms with Crippen LogP contribution >= 0.6 is 23.5 Å². The van der Waals surface area contributed by atoms with E-state index in [1.54, 1.807) is 16.3 Å². The lowest BCUT2D eigenvalue weighted by atomic mass is 10.1. The van der Waals surface area contributed by atoms with E-state index in [1.807, 2.05) is 32.9 Å². The van der Waals surface area contributed by atoms with Crippen molar-refractivity contribution in [3.63, 3.8) is 0 Å². The fraction of sp³-hybridized carbons (Fsp3) is 0.450. The first kappa shape index (κ1) is 20.0. The predicted octanol–water partition coefficient (Wildman–Crippen LogP) is 3.93. The fourth-order valence-electron chi connectivity index (χ4n) is 3.24. The average molecular weight is 405 g/mol. The predicted molar refractivity (Wildman–Crippen MR) is 110 cm³/mol. The van der Waals surface area contributed by atoms with E-state index in [4.69, 9.17) is 9.72 Å². The Morgan fingerprint density at radius 3 is 2.63 bits per heavy atom. The molecule has 3 rings (SSSR count). The van der Waals surface area contributed by atoms with Gasteiger partial charge in [0.05, 0.1) is 23.4 Å². The highest BCUT2D eigenvalue weighted by atomic mass is 32.2. The normalized spacial score (nSPS) is 16.9. The second-order valence-corrected chi connectivity index (χ2v) is 9.45. The topological polar surface area (TPSA) is 61.2 Å². The number of benzene rings is 1. The lowest BCUT2D eigenvalue weighted by molar-refractivity contribution is -0.140. The van der Waals surface area contributed by atoms with E-state index in [9.17, 15) is 9.59 Å². The van der Waals surface area contributed by atoms with Crippen molar-refractivity contribution in [2.45, 2.75) is 61.1 Å². The first-order chi connectivity index (χ1) is 12.8. The Bertz CT molecular complexity index is 919. The van der Waals surface area contributed by atoms with Crippen LogP contribution in [0.3, 0.4) is 0 Å². The Morgan fingerprint density at radius 2 is 2.04 bits per heavy atom. The number of thioether (sulfide) groups is 2. The molecule has 1 aromatic heterocycles. The van der Waals surface area contributed by atoms with Gasteiger partial charge < -0.3 is 4.74 Å². The van der Waals surface area contributed by atoms with Gasteiger partial charge in [0, 0.05) is 11.7 Å². The third kappa shape index (κ3) is 4.09. The highest BCUT2D eigenvalue weighted by Crippen LogP contribution is 2.36. The van der Waals surface area contributed by atoms with Crippen LogP contribution in [0.25, 0.3) is 5.69 Å². The number of carbonyl (C=O) groups excluding carboxylic acids is 1. The van der Waals surface area contributed by atoms with Crippen molar-refractivity contribution in [2.75, 3.05) is 7.11 Å². The second kappa shape index (κ2) is 8.10. The minimum absolute atomic E-state index is 0.0541. The number of methoxy groups -OCH3 is 1. The van der Waals surface area contributed by atoms with Crippen molar-refractivity contribution in [1.82, 2.24) is 9.55 Å². The van der Waals surface area contributed by atoms with Crippen molar-refractivity contribution in [1.29, 1.82) is 0 Å². The van der Waals surface area contributed by atoms with Crippen molar-refractivity contribution >= 4 is 29.5 Å². The fourth-order valence-corrected chi connectivity index (χ4v) is 5.41. The summed E-state index contributed by atoms with van der Waals surface area (Å²) in [6.45, 7) is 8.05. The summed E-state index contributed by atoms with van der Waals surface area (Å²) in [7, 11) is 1.39. The summed E-state index contributed by atoms with van der Waals surface area (Å²) < 4.78 is 6.57. The van der Waals surface area contributed by atoms with Crippen molar-refractivity contribution in [3.05, 3.63) is 45.4 Å². The zero-order chi connectivity index (χ0) is 19.7. The Labute approximate surface area is 167 Å². The molecule has 0 saturated carbocycles. The maximum absolute atomic E-state index is 13.3. The van der Waals surface area contributed by atoms with Crippen LogP contribution in [0.15, 0.2) is 33.0 Å². The summed E-state index contributed by atoms with van der Waals surface area (Å²) in [6, 6.07) is 6.03. The zero-order valence-electron chi connectivity index (χ0n) is 16.2. The van der Waals surface area contributed by atoms with Gasteiger partial charge in [-0.25, -0.2) is 4.98 Å². The van der Waals surface area contributed by atoms with Crippen LogP contribution in [0.5, 0.6) is 0 Å². The molecule has 0 fully saturated rings. The van der Waals surface area contributed by atoms with Gasteiger partial charge in [-0.15, -0.1) is 11.8 Å². The molecule has 0 amide bonds. The minimum Gasteiger partial charge on any atom is -0.468 e. The number of ether oxygens (including phenoxy) is 1. The lowest BCUT2D eigenvalue weighted by Gasteiger charge is -2.18. The van der Waals surface area contributed by atoms with Crippen LogP contribution in [0.4, 0.5) is 0 Å². The molecule has 1 aromatic carbocycles. The molecule has 2 atom stereocenters. The van der Waals surface area contributed by atoms with Crippen molar-refractivity contribution < 1.29 is 9.53 Å². The van der Waals surface area contributed by atoms with E-state index < -0.39 is 5.25 Å². The molecular weight excluding hydrogens is 380 g/mol. The summed E-state index contributed by atoms with van der Waals surface area (Å²) in [5.74, 6) is -0.299. The molecule has 0 aliphatic carbocycles. The average Bonchev–Trinajstić information content (AvgIpc) is 2.98. The molecule has 1 aliphatic heterocycles. The van der Waals surface area contributed by atoms with Gasteiger partial charge in [-0.2, -0.15) is 0 Å². The molecule has 1 aliphatic rings. The molecule has 0 unspecified atom stereocenters. The number of rotatable bonds is 5. The molecule has 0 spiro atoms. The Morgan fingerprint density at radius 1 is 1.37 bits per heavy atom. The van der Waals surface area contributed by atoms with E-state index >= 15 is 0 Å². The van der Waals surface area contributed by atoms with E-state index in [0.29, 0.717) is 16.8 Å². The highest BCUT2D eigenvalue weighted by Gasteiger charge is 2.29. The molecule has 5 nitrogen and oxygen atoms in total. The van der Waals surface area contributed by atoms with E-state index in [0.717, 1.165) is 33.8 Å². The number of fused-ring (bicyclic) bond motifs is 1. The smallest absolute Gasteiger partial charge is 0.319 e. The van der Waals surface area contributed by atoms with Gasteiger partial charge in [0.25, 0.3) is 5.56 Å². The number of hydrogen-bond donors (Lipinski definition) is 0. The standard InChI is InChI=1S/C20H24N2O3S2/c1-6-16(19(24)25-5)27-20-21-15-10-13(4)26-17(15)18(23)22(20)14-8-11(2)7-12(3)9-14/h7-9,13,16H,6,10H2,1-5H3/t13-,16+/m1/s1. The van der Waals surface area contributed by atoms with Gasteiger partial charge in [-0.1, -0.05) is 31.7 Å². The van der Waals surface area contributed by atoms with Crippen LogP contribution in [0.1, 0.15) is 37.1 Å². The third-order valence-corrected chi connectivity index (χ3v) is 6.94. The molecule has 0 saturated heterocycles. The summed E-state index contributed by atoms with van der Waals surface area (Å²) in [6.07, 6.45) is 1.37. The largest absolute Gasteiger partial charge is 0.468 e. The summed E-state index contributed by atoms with van der Waals surface area (Å²) in [5.41, 5.74) is 3.72.